The Labute approximate surface area is 387 Å². The molecule has 0 unspecified atom stereocenters. The van der Waals surface area contributed by atoms with Gasteiger partial charge in [0.15, 0.2) is 16.6 Å². The van der Waals surface area contributed by atoms with Gasteiger partial charge in [-0.1, -0.05) is 43.6 Å². The zero-order valence-electron chi connectivity index (χ0n) is 37.8. The zero-order valence-corrected chi connectivity index (χ0v) is 39.3. The second-order valence-electron chi connectivity index (χ2n) is 16.4. The molecule has 0 saturated carbocycles. The molecule has 0 spiro atoms. The molecule has 6 aromatic rings. The average Bonchev–Trinajstić information content (AvgIpc) is 4.02. The van der Waals surface area contributed by atoms with Gasteiger partial charge in [-0.25, -0.2) is 15.0 Å². The van der Waals surface area contributed by atoms with Gasteiger partial charge < -0.3 is 50.1 Å². The van der Waals surface area contributed by atoms with Crippen LogP contribution in [0.5, 0.6) is 23.5 Å². The Morgan fingerprint density at radius 2 is 1.55 bits per heavy atom. The van der Waals surface area contributed by atoms with Crippen LogP contribution in [-0.2, 0) is 11.8 Å². The number of nitrogens with one attached hydrogen (secondary N) is 5. The summed E-state index contributed by atoms with van der Waals surface area (Å²) in [5.74, 6) is 2.40. The monoisotopic (exact) mass is 923 g/mol. The molecule has 7 rings (SSSR count). The fourth-order valence-corrected chi connectivity index (χ4v) is 8.39. The standard InChI is InChI=1S/C46H54ClN11O6S/c1-26-12-9-13-31(47)38(26)54-40(59)32-25-65-45(52-32)53-36-24-35(50-28(3)51-36)48-18-10-20-58(6)21-11-19-49-44-56-42(61-7)39(43(57-44)62-8)55-41(60)33-14-15-37(63-33)64-34-23-30-29(22-27(34)2)16-17-46(30,4)5/h9,12-15,22-25H,10-11,16-21H2,1-8H3,(H,54,59)(H,55,60)(H,49,56,57)(H2,48,50,51,52,53). The first-order chi connectivity index (χ1) is 31.2. The quantitative estimate of drug-likeness (QED) is 0.0453. The van der Waals surface area contributed by atoms with E-state index in [1.54, 1.807) is 23.6 Å². The third kappa shape index (κ3) is 11.6. The van der Waals surface area contributed by atoms with Crippen molar-refractivity contribution >= 4 is 68.8 Å². The molecule has 0 saturated heterocycles. The molecule has 0 atom stereocenters. The van der Waals surface area contributed by atoms with Gasteiger partial charge in [0.25, 0.3) is 17.8 Å². The maximum atomic E-state index is 13.3. The highest BCUT2D eigenvalue weighted by Crippen LogP contribution is 2.42. The van der Waals surface area contributed by atoms with Crippen molar-refractivity contribution < 1.29 is 28.2 Å². The van der Waals surface area contributed by atoms with Crippen molar-refractivity contribution in [3.8, 4) is 23.5 Å². The van der Waals surface area contributed by atoms with Crippen LogP contribution in [-0.4, -0.2) is 89.1 Å². The highest BCUT2D eigenvalue weighted by Gasteiger charge is 2.31. The topological polar surface area (TPSA) is 203 Å². The number of nitrogens with zero attached hydrogens (tertiary/aromatic N) is 6. The van der Waals surface area contributed by atoms with Crippen LogP contribution in [0.15, 0.2) is 58.3 Å². The normalized spacial score (nSPS) is 12.7. The molecular formula is C46H54ClN11O6S. The average molecular weight is 925 g/mol. The number of amides is 2. The minimum Gasteiger partial charge on any atom is -0.479 e. The first-order valence-electron chi connectivity index (χ1n) is 21.2. The summed E-state index contributed by atoms with van der Waals surface area (Å²) < 4.78 is 23.0. The number of rotatable bonds is 20. The van der Waals surface area contributed by atoms with Crippen molar-refractivity contribution in [2.45, 2.75) is 65.7 Å². The molecule has 2 amide bonds. The van der Waals surface area contributed by atoms with Crippen molar-refractivity contribution in [2.24, 2.45) is 0 Å². The molecule has 0 bridgehead atoms. The van der Waals surface area contributed by atoms with Crippen molar-refractivity contribution in [3.05, 3.63) is 98.5 Å². The highest BCUT2D eigenvalue weighted by molar-refractivity contribution is 7.14. The summed E-state index contributed by atoms with van der Waals surface area (Å²) in [5, 5.41) is 18.1. The SMILES string of the molecule is COc1nc(NCCCN(C)CCCNc2cc(Nc3nc(C(=O)Nc4c(C)cccc4Cl)cs3)nc(C)n2)nc(OC)c1NC(=O)c1ccc(Oc2cc3c(cc2C)CCC3(C)C)o1. The predicted octanol–water partition coefficient (Wildman–Crippen LogP) is 9.41. The van der Waals surface area contributed by atoms with E-state index in [0.29, 0.717) is 58.1 Å². The summed E-state index contributed by atoms with van der Waals surface area (Å²) in [6, 6.07) is 14.7. The third-order valence-electron chi connectivity index (χ3n) is 10.9. The largest absolute Gasteiger partial charge is 0.479 e. The Balaban J connectivity index is 0.838. The van der Waals surface area contributed by atoms with E-state index in [4.69, 9.17) is 30.2 Å². The lowest BCUT2D eigenvalue weighted by Gasteiger charge is -2.20. The molecule has 0 aliphatic heterocycles. The first-order valence-corrected chi connectivity index (χ1v) is 22.5. The van der Waals surface area contributed by atoms with Crippen LogP contribution < -0.4 is 40.8 Å². The van der Waals surface area contributed by atoms with E-state index in [2.05, 4.69) is 89.4 Å². The predicted molar refractivity (Wildman–Crippen MR) is 254 cm³/mol. The molecule has 1 aliphatic carbocycles. The molecule has 4 aromatic heterocycles. The lowest BCUT2D eigenvalue weighted by atomic mass is 9.86. The van der Waals surface area contributed by atoms with Gasteiger partial charge in [-0.2, -0.15) is 9.97 Å². The number of halogens is 1. The third-order valence-corrected chi connectivity index (χ3v) is 12.0. The number of furan rings is 1. The minimum atomic E-state index is -0.546. The second-order valence-corrected chi connectivity index (χ2v) is 17.6. The Bertz CT molecular complexity index is 2620. The number of para-hydroxylation sites is 1. The van der Waals surface area contributed by atoms with E-state index >= 15 is 0 Å². The lowest BCUT2D eigenvalue weighted by Crippen LogP contribution is -2.24. The van der Waals surface area contributed by atoms with Crippen LogP contribution >= 0.6 is 22.9 Å². The Morgan fingerprint density at radius 3 is 2.28 bits per heavy atom. The first kappa shape index (κ1) is 46.5. The molecule has 19 heteroatoms. The Hall–Kier alpha value is -6.50. The fourth-order valence-electron chi connectivity index (χ4n) is 7.42. The molecule has 5 N–H and O–H groups in total. The number of hydrogen-bond donors (Lipinski definition) is 5. The molecule has 2 aromatic carbocycles. The smallest absolute Gasteiger partial charge is 0.291 e. The number of methoxy groups -OCH3 is 2. The van der Waals surface area contributed by atoms with Gasteiger partial charge in [0, 0.05) is 30.6 Å². The Morgan fingerprint density at radius 1 is 0.846 bits per heavy atom. The van der Waals surface area contributed by atoms with Crippen molar-refractivity contribution in [2.75, 3.05) is 74.0 Å². The summed E-state index contributed by atoms with van der Waals surface area (Å²) in [5.41, 5.74) is 5.54. The summed E-state index contributed by atoms with van der Waals surface area (Å²) in [7, 11) is 4.98. The summed E-state index contributed by atoms with van der Waals surface area (Å²) in [6.45, 7) is 13.1. The number of hydrogen-bond acceptors (Lipinski definition) is 16. The maximum Gasteiger partial charge on any atom is 0.291 e. The molecule has 0 radical (unpaired) electrons. The van der Waals surface area contributed by atoms with Gasteiger partial charge >= 0.3 is 0 Å². The van der Waals surface area contributed by atoms with Gasteiger partial charge in [0.2, 0.25) is 17.7 Å². The number of carbonyl (C=O) groups is 2. The van der Waals surface area contributed by atoms with Gasteiger partial charge in [-0.05, 0) is 112 Å². The van der Waals surface area contributed by atoms with Gasteiger partial charge in [0.05, 0.1) is 24.9 Å². The summed E-state index contributed by atoms with van der Waals surface area (Å²) >= 11 is 7.58. The van der Waals surface area contributed by atoms with E-state index in [1.165, 1.54) is 36.7 Å². The molecule has 1 aliphatic rings. The van der Waals surface area contributed by atoms with E-state index in [1.807, 2.05) is 39.0 Å². The molecule has 4 heterocycles. The van der Waals surface area contributed by atoms with Crippen LogP contribution in [0.25, 0.3) is 0 Å². The molecule has 0 fully saturated rings. The van der Waals surface area contributed by atoms with Gasteiger partial charge in [-0.3, -0.25) is 9.59 Å². The van der Waals surface area contributed by atoms with Crippen LogP contribution in [0.1, 0.15) is 82.2 Å². The number of thiazole rings is 1. The van der Waals surface area contributed by atoms with E-state index < -0.39 is 5.91 Å². The number of aryl methyl sites for hydroxylation is 4. The second kappa shape index (κ2) is 20.6. The van der Waals surface area contributed by atoms with E-state index in [-0.39, 0.29) is 46.2 Å². The molecule has 342 valence electrons. The van der Waals surface area contributed by atoms with Crippen molar-refractivity contribution in [1.82, 2.24) is 29.8 Å². The van der Waals surface area contributed by atoms with Crippen LogP contribution in [0.4, 0.5) is 34.1 Å². The fraction of sp³-hybridized carbons (Fsp3) is 0.370. The summed E-state index contributed by atoms with van der Waals surface area (Å²) in [4.78, 5) is 50.9. The van der Waals surface area contributed by atoms with Crippen LogP contribution in [0.2, 0.25) is 5.02 Å². The number of ether oxygens (including phenoxy) is 3. The molecule has 65 heavy (non-hydrogen) atoms. The van der Waals surface area contributed by atoms with E-state index in [9.17, 15) is 9.59 Å². The zero-order chi connectivity index (χ0) is 46.3. The number of carbonyl (C=O) groups excluding carboxylic acids is 2. The maximum absolute atomic E-state index is 13.3. The lowest BCUT2D eigenvalue weighted by molar-refractivity contribution is 0.0989. The van der Waals surface area contributed by atoms with Crippen molar-refractivity contribution in [3.63, 3.8) is 0 Å². The van der Waals surface area contributed by atoms with Gasteiger partial charge in [0.1, 0.15) is 28.9 Å². The number of anilines is 6. The number of aromatic nitrogens is 5. The number of benzene rings is 2. The van der Waals surface area contributed by atoms with E-state index in [0.717, 1.165) is 49.9 Å². The van der Waals surface area contributed by atoms with Crippen LogP contribution in [0.3, 0.4) is 0 Å². The van der Waals surface area contributed by atoms with Crippen LogP contribution in [0, 0.1) is 20.8 Å². The number of fused-ring (bicyclic) bond motifs is 1. The molecule has 17 nitrogen and oxygen atoms in total. The molecular weight excluding hydrogens is 870 g/mol. The summed E-state index contributed by atoms with van der Waals surface area (Å²) in [6.07, 6.45) is 3.82. The highest BCUT2D eigenvalue weighted by atomic mass is 35.5. The Kier molecular flexibility index (Phi) is 14.7. The van der Waals surface area contributed by atoms with Crippen molar-refractivity contribution in [1.29, 1.82) is 0 Å². The minimum absolute atomic E-state index is 0.0355. The van der Waals surface area contributed by atoms with Gasteiger partial charge in [-0.15, -0.1) is 11.3 Å².